The van der Waals surface area contributed by atoms with E-state index in [9.17, 15) is 20.0 Å². The van der Waals surface area contributed by atoms with E-state index in [2.05, 4.69) is 6.07 Å². The number of carboxylic acid groups (broad SMARTS) is 1. The summed E-state index contributed by atoms with van der Waals surface area (Å²) < 4.78 is 1.39. The van der Waals surface area contributed by atoms with Crippen LogP contribution in [0.15, 0.2) is 47.3 Å². The van der Waals surface area contributed by atoms with Crippen LogP contribution in [-0.4, -0.2) is 31.2 Å². The molecule has 0 aliphatic heterocycles. The van der Waals surface area contributed by atoms with Gasteiger partial charge in [0.25, 0.3) is 5.56 Å². The molecule has 0 bridgehead atoms. The summed E-state index contributed by atoms with van der Waals surface area (Å²) in [7, 11) is 0. The van der Waals surface area contributed by atoms with Crippen LogP contribution < -0.4 is 5.56 Å². The summed E-state index contributed by atoms with van der Waals surface area (Å²) in [6.45, 7) is 7.37. The van der Waals surface area contributed by atoms with Gasteiger partial charge in [-0.2, -0.15) is 5.26 Å². The van der Waals surface area contributed by atoms with Gasteiger partial charge < -0.3 is 5.11 Å². The van der Waals surface area contributed by atoms with Crippen LogP contribution in [0, 0.1) is 11.3 Å². The van der Waals surface area contributed by atoms with Gasteiger partial charge in [-0.15, -0.1) is 0 Å². The molecular weight excluding hydrogens is 428 g/mol. The van der Waals surface area contributed by atoms with E-state index < -0.39 is 23.2 Å². The molecule has 3 aromatic rings. The summed E-state index contributed by atoms with van der Waals surface area (Å²) in [5.74, 6) is 0.291. The first-order chi connectivity index (χ1) is 15.1. The van der Waals surface area contributed by atoms with Gasteiger partial charge in [-0.05, 0) is 57.5 Å². The predicted octanol–water partition coefficient (Wildman–Crippen LogP) is 5.53. The number of amides is 1. The van der Waals surface area contributed by atoms with E-state index in [1.54, 1.807) is 63.2 Å². The lowest BCUT2D eigenvalue weighted by atomic mass is 9.99. The van der Waals surface area contributed by atoms with E-state index in [0.29, 0.717) is 35.4 Å². The molecule has 0 fully saturated rings. The number of nitriles is 1. The average Bonchev–Trinajstić information content (AvgIpc) is 2.72. The molecule has 1 aromatic heterocycles. The topological polar surface area (TPSA) is 99.2 Å². The SMILES string of the molecule is CCC[C@@H](c1nc2cccc(Cl)c2c(=O)n1-c1cccc(C#N)c1)N(C(=O)O)C(C)(C)C. The third-order valence-corrected chi connectivity index (χ3v) is 5.52. The normalized spacial score (nSPS) is 12.4. The third kappa shape index (κ3) is 4.32. The Kier molecular flexibility index (Phi) is 6.56. The molecule has 3 rings (SSSR count). The van der Waals surface area contributed by atoms with Crippen molar-refractivity contribution in [1.82, 2.24) is 14.5 Å². The summed E-state index contributed by atoms with van der Waals surface area (Å²) in [6.07, 6.45) is 0.0281. The molecule has 1 N–H and O–H groups in total. The summed E-state index contributed by atoms with van der Waals surface area (Å²) in [5.41, 5.74) is 0.0410. The number of benzene rings is 2. The van der Waals surface area contributed by atoms with Gasteiger partial charge in [0, 0.05) is 5.54 Å². The monoisotopic (exact) mass is 452 g/mol. The predicted molar refractivity (Wildman–Crippen MR) is 124 cm³/mol. The standard InChI is InChI=1S/C24H25ClN4O3/c1-5-8-19(29(23(31)32)24(2,3)4)21-27-18-12-7-11-17(25)20(18)22(30)28(21)16-10-6-9-15(13-16)14-26/h6-7,9-13,19H,5,8H2,1-4H3,(H,31,32)/t19-/m0/s1. The molecule has 2 aromatic carbocycles. The fourth-order valence-electron chi connectivity index (χ4n) is 3.93. The maximum atomic E-state index is 13.7. The Morgan fingerprint density at radius 2 is 1.97 bits per heavy atom. The van der Waals surface area contributed by atoms with Crippen LogP contribution in [-0.2, 0) is 0 Å². The molecule has 1 heterocycles. The quantitative estimate of drug-likeness (QED) is 0.548. The number of fused-ring (bicyclic) bond motifs is 1. The molecule has 0 unspecified atom stereocenters. The second kappa shape index (κ2) is 9.01. The first-order valence-electron chi connectivity index (χ1n) is 10.3. The first kappa shape index (κ1) is 23.3. The van der Waals surface area contributed by atoms with E-state index in [0.717, 1.165) is 0 Å². The smallest absolute Gasteiger partial charge is 0.408 e. The van der Waals surface area contributed by atoms with E-state index >= 15 is 0 Å². The van der Waals surface area contributed by atoms with Crippen LogP contribution in [0.25, 0.3) is 16.6 Å². The Balaban J connectivity index is 2.46. The number of hydrogen-bond acceptors (Lipinski definition) is 4. The van der Waals surface area contributed by atoms with E-state index in [4.69, 9.17) is 16.6 Å². The van der Waals surface area contributed by atoms with Crippen molar-refractivity contribution in [2.45, 2.75) is 52.1 Å². The van der Waals surface area contributed by atoms with Gasteiger partial charge >= 0.3 is 6.09 Å². The lowest BCUT2D eigenvalue weighted by molar-refractivity contribution is 0.0627. The molecule has 0 spiro atoms. The van der Waals surface area contributed by atoms with Gasteiger partial charge in [0.1, 0.15) is 5.82 Å². The van der Waals surface area contributed by atoms with E-state index in [-0.39, 0.29) is 10.4 Å². The Morgan fingerprint density at radius 1 is 1.28 bits per heavy atom. The molecule has 1 amide bonds. The van der Waals surface area contributed by atoms with Crippen molar-refractivity contribution >= 4 is 28.6 Å². The van der Waals surface area contributed by atoms with Crippen molar-refractivity contribution < 1.29 is 9.90 Å². The summed E-state index contributed by atoms with van der Waals surface area (Å²) in [5, 5.41) is 20.0. The second-order valence-corrected chi connectivity index (χ2v) is 8.94. The lowest BCUT2D eigenvalue weighted by Gasteiger charge is -2.40. The van der Waals surface area contributed by atoms with Crippen LogP contribution in [0.2, 0.25) is 5.02 Å². The molecule has 0 aliphatic rings. The second-order valence-electron chi connectivity index (χ2n) is 8.53. The maximum Gasteiger partial charge on any atom is 0.408 e. The highest BCUT2D eigenvalue weighted by Crippen LogP contribution is 2.33. The molecular formula is C24H25ClN4O3. The fourth-order valence-corrected chi connectivity index (χ4v) is 4.18. The number of aromatic nitrogens is 2. The highest BCUT2D eigenvalue weighted by atomic mass is 35.5. The van der Waals surface area contributed by atoms with Crippen LogP contribution in [0.3, 0.4) is 0 Å². The van der Waals surface area contributed by atoms with Crippen molar-refractivity contribution in [3.8, 4) is 11.8 Å². The first-order valence-corrected chi connectivity index (χ1v) is 10.7. The van der Waals surface area contributed by atoms with Gasteiger partial charge in [-0.25, -0.2) is 9.78 Å². The highest BCUT2D eigenvalue weighted by Gasteiger charge is 2.36. The van der Waals surface area contributed by atoms with E-state index in [1.807, 2.05) is 6.92 Å². The number of carbonyl (C=O) groups is 1. The molecule has 0 aliphatic carbocycles. The van der Waals surface area contributed by atoms with Crippen molar-refractivity contribution in [2.24, 2.45) is 0 Å². The minimum absolute atomic E-state index is 0.244. The van der Waals surface area contributed by atoms with Crippen LogP contribution in [0.1, 0.15) is 58.0 Å². The summed E-state index contributed by atoms with van der Waals surface area (Å²) in [6, 6.07) is 13.0. The molecule has 0 saturated heterocycles. The molecule has 7 nitrogen and oxygen atoms in total. The minimum Gasteiger partial charge on any atom is -0.465 e. The van der Waals surface area contributed by atoms with Crippen molar-refractivity contribution in [3.05, 3.63) is 69.2 Å². The Morgan fingerprint density at radius 3 is 2.56 bits per heavy atom. The molecule has 1 atom stereocenters. The molecule has 32 heavy (non-hydrogen) atoms. The van der Waals surface area contributed by atoms with Gasteiger partial charge in [0.15, 0.2) is 0 Å². The van der Waals surface area contributed by atoms with Gasteiger partial charge in [0.2, 0.25) is 0 Å². The largest absolute Gasteiger partial charge is 0.465 e. The van der Waals surface area contributed by atoms with Crippen LogP contribution in [0.5, 0.6) is 0 Å². The Hall–Kier alpha value is -3.37. The molecule has 0 saturated carbocycles. The summed E-state index contributed by atoms with van der Waals surface area (Å²) >= 11 is 6.35. The minimum atomic E-state index is -1.10. The zero-order chi connectivity index (χ0) is 23.6. The fraction of sp³-hybridized carbons (Fsp3) is 0.333. The van der Waals surface area contributed by atoms with Crippen molar-refractivity contribution in [2.75, 3.05) is 0 Å². The highest BCUT2D eigenvalue weighted by molar-refractivity contribution is 6.35. The number of halogens is 1. The zero-order valence-electron chi connectivity index (χ0n) is 18.5. The molecule has 166 valence electrons. The number of nitrogens with zero attached hydrogens (tertiary/aromatic N) is 4. The maximum absolute atomic E-state index is 13.7. The van der Waals surface area contributed by atoms with Crippen molar-refractivity contribution in [3.63, 3.8) is 0 Å². The summed E-state index contributed by atoms with van der Waals surface area (Å²) in [4.78, 5) is 32.1. The lowest BCUT2D eigenvalue weighted by Crippen LogP contribution is -2.48. The number of rotatable bonds is 5. The molecule has 8 heteroatoms. The number of hydrogen-bond donors (Lipinski definition) is 1. The van der Waals surface area contributed by atoms with Gasteiger partial charge in [0.05, 0.1) is 39.3 Å². The van der Waals surface area contributed by atoms with Gasteiger partial charge in [-0.3, -0.25) is 14.3 Å². The molecule has 0 radical (unpaired) electrons. The van der Waals surface area contributed by atoms with Crippen LogP contribution >= 0.6 is 11.6 Å². The van der Waals surface area contributed by atoms with Gasteiger partial charge in [-0.1, -0.05) is 37.1 Å². The Bertz CT molecular complexity index is 1270. The third-order valence-electron chi connectivity index (χ3n) is 5.21. The average molecular weight is 453 g/mol. The zero-order valence-corrected chi connectivity index (χ0v) is 19.2. The van der Waals surface area contributed by atoms with E-state index in [1.165, 1.54) is 9.47 Å². The van der Waals surface area contributed by atoms with Crippen LogP contribution in [0.4, 0.5) is 4.79 Å². The Labute approximate surface area is 191 Å². The van der Waals surface area contributed by atoms with Crippen molar-refractivity contribution in [1.29, 1.82) is 5.26 Å².